The van der Waals surface area contributed by atoms with E-state index in [2.05, 4.69) is 21.2 Å². The number of hydrogen-bond donors (Lipinski definition) is 1. The van der Waals surface area contributed by atoms with Gasteiger partial charge in [-0.1, -0.05) is 13.8 Å². The maximum Gasteiger partial charge on any atom is 0.145 e. The first kappa shape index (κ1) is 15.2. The topological polar surface area (TPSA) is 25.2 Å². The molecule has 20 heavy (non-hydrogen) atoms. The Hall–Kier alpha value is -1.20. The monoisotopic (exact) mass is 343 g/mol. The zero-order valence-electron chi connectivity index (χ0n) is 11.3. The first-order chi connectivity index (χ1) is 9.58. The fourth-order valence-electron chi connectivity index (χ4n) is 2.10. The quantitative estimate of drug-likeness (QED) is 0.803. The van der Waals surface area contributed by atoms with Gasteiger partial charge in [0.25, 0.3) is 0 Å². The summed E-state index contributed by atoms with van der Waals surface area (Å²) >= 11 is 3.09. The van der Waals surface area contributed by atoms with Crippen LogP contribution in [0.1, 0.15) is 37.0 Å². The van der Waals surface area contributed by atoms with E-state index in [4.69, 9.17) is 4.42 Å². The average molecular weight is 344 g/mol. The Morgan fingerprint density at radius 3 is 2.55 bits per heavy atom. The SMILES string of the molecule is CCNC(c1ccc(CC)o1)c1c(F)ccc(Br)c1F. The highest BCUT2D eigenvalue weighted by molar-refractivity contribution is 9.10. The second-order valence-electron chi connectivity index (χ2n) is 4.41. The smallest absolute Gasteiger partial charge is 0.145 e. The van der Waals surface area contributed by atoms with Crippen LogP contribution < -0.4 is 5.32 Å². The van der Waals surface area contributed by atoms with Gasteiger partial charge in [0.05, 0.1) is 10.5 Å². The minimum absolute atomic E-state index is 0.0294. The van der Waals surface area contributed by atoms with Crippen LogP contribution in [0.15, 0.2) is 33.2 Å². The van der Waals surface area contributed by atoms with Crippen LogP contribution in [0.3, 0.4) is 0 Å². The predicted molar refractivity (Wildman–Crippen MR) is 77.7 cm³/mol. The van der Waals surface area contributed by atoms with E-state index >= 15 is 0 Å². The number of rotatable bonds is 5. The van der Waals surface area contributed by atoms with Crippen LogP contribution in [0.25, 0.3) is 0 Å². The highest BCUT2D eigenvalue weighted by Crippen LogP contribution is 2.31. The lowest BCUT2D eigenvalue weighted by Crippen LogP contribution is -2.24. The van der Waals surface area contributed by atoms with Crippen molar-refractivity contribution in [1.82, 2.24) is 5.32 Å². The van der Waals surface area contributed by atoms with Crippen molar-refractivity contribution < 1.29 is 13.2 Å². The molecule has 1 N–H and O–H groups in total. The fraction of sp³-hybridized carbons (Fsp3) is 0.333. The Labute approximate surface area is 125 Å². The molecule has 5 heteroatoms. The molecule has 2 aromatic rings. The lowest BCUT2D eigenvalue weighted by Gasteiger charge is -2.18. The van der Waals surface area contributed by atoms with Crippen molar-refractivity contribution in [3.63, 3.8) is 0 Å². The van der Waals surface area contributed by atoms with Crippen LogP contribution in [0, 0.1) is 11.6 Å². The zero-order valence-corrected chi connectivity index (χ0v) is 12.9. The molecule has 0 bridgehead atoms. The van der Waals surface area contributed by atoms with Gasteiger partial charge in [-0.3, -0.25) is 0 Å². The van der Waals surface area contributed by atoms with Gasteiger partial charge in [0.15, 0.2) is 0 Å². The van der Waals surface area contributed by atoms with Crippen molar-refractivity contribution in [2.24, 2.45) is 0 Å². The molecule has 2 nitrogen and oxygen atoms in total. The van der Waals surface area contributed by atoms with Gasteiger partial charge in [-0.15, -0.1) is 0 Å². The normalized spacial score (nSPS) is 12.7. The summed E-state index contributed by atoms with van der Waals surface area (Å²) in [6.45, 7) is 4.41. The van der Waals surface area contributed by atoms with Gasteiger partial charge in [-0.25, -0.2) is 8.78 Å². The summed E-state index contributed by atoms with van der Waals surface area (Å²) in [5.41, 5.74) is -0.0294. The van der Waals surface area contributed by atoms with E-state index in [0.717, 1.165) is 12.2 Å². The summed E-state index contributed by atoms with van der Waals surface area (Å²) < 4.78 is 34.2. The number of benzene rings is 1. The second-order valence-corrected chi connectivity index (χ2v) is 5.26. The molecular formula is C15H16BrF2NO. The highest BCUT2D eigenvalue weighted by atomic mass is 79.9. The summed E-state index contributed by atoms with van der Waals surface area (Å²) in [4.78, 5) is 0. The Morgan fingerprint density at radius 1 is 1.20 bits per heavy atom. The molecule has 1 unspecified atom stereocenters. The maximum absolute atomic E-state index is 14.2. The Kier molecular flexibility index (Phi) is 4.94. The van der Waals surface area contributed by atoms with E-state index in [9.17, 15) is 8.78 Å². The summed E-state index contributed by atoms with van der Waals surface area (Å²) in [6, 6.07) is 5.55. The fourth-order valence-corrected chi connectivity index (χ4v) is 2.44. The summed E-state index contributed by atoms with van der Waals surface area (Å²) in [7, 11) is 0. The van der Waals surface area contributed by atoms with Crippen LogP contribution in [0.2, 0.25) is 0 Å². The van der Waals surface area contributed by atoms with E-state index in [1.54, 1.807) is 6.07 Å². The third kappa shape index (κ3) is 2.94. The minimum Gasteiger partial charge on any atom is -0.464 e. The average Bonchev–Trinajstić information content (AvgIpc) is 2.91. The lowest BCUT2D eigenvalue weighted by atomic mass is 10.0. The molecule has 1 heterocycles. The van der Waals surface area contributed by atoms with Crippen molar-refractivity contribution in [2.75, 3.05) is 6.54 Å². The highest BCUT2D eigenvalue weighted by Gasteiger charge is 2.25. The molecule has 1 atom stereocenters. The van der Waals surface area contributed by atoms with E-state index in [1.165, 1.54) is 12.1 Å². The number of halogens is 3. The Morgan fingerprint density at radius 2 is 1.95 bits per heavy atom. The van der Waals surface area contributed by atoms with Gasteiger partial charge in [0.2, 0.25) is 0 Å². The third-order valence-electron chi connectivity index (χ3n) is 3.09. The third-order valence-corrected chi connectivity index (χ3v) is 3.70. The molecule has 2 rings (SSSR count). The number of aryl methyl sites for hydroxylation is 1. The Bertz CT molecular complexity index is 598. The molecule has 0 fully saturated rings. The summed E-state index contributed by atoms with van der Waals surface area (Å²) in [5, 5.41) is 3.07. The van der Waals surface area contributed by atoms with Gasteiger partial charge < -0.3 is 9.73 Å². The van der Waals surface area contributed by atoms with E-state index < -0.39 is 17.7 Å². The molecule has 0 aliphatic carbocycles. The second kappa shape index (κ2) is 6.50. The van der Waals surface area contributed by atoms with E-state index in [0.29, 0.717) is 12.3 Å². The van der Waals surface area contributed by atoms with Crippen LogP contribution >= 0.6 is 15.9 Å². The standard InChI is InChI=1S/C15H16BrF2NO/c1-3-9-5-8-12(20-9)15(19-4-2)13-11(17)7-6-10(16)14(13)18/h5-8,15,19H,3-4H2,1-2H3. The van der Waals surface area contributed by atoms with Crippen molar-refractivity contribution >= 4 is 15.9 Å². The molecule has 0 spiro atoms. The predicted octanol–water partition coefficient (Wildman–Crippen LogP) is 4.58. The zero-order chi connectivity index (χ0) is 14.7. The molecule has 0 radical (unpaired) electrons. The van der Waals surface area contributed by atoms with Crippen molar-refractivity contribution in [2.45, 2.75) is 26.3 Å². The summed E-state index contributed by atoms with van der Waals surface area (Å²) in [6.07, 6.45) is 0.738. The molecule has 1 aromatic heterocycles. The van der Waals surface area contributed by atoms with E-state index in [-0.39, 0.29) is 10.0 Å². The lowest BCUT2D eigenvalue weighted by molar-refractivity contribution is 0.408. The maximum atomic E-state index is 14.2. The van der Waals surface area contributed by atoms with Crippen LogP contribution in [0.4, 0.5) is 8.78 Å². The van der Waals surface area contributed by atoms with Gasteiger partial charge in [-0.2, -0.15) is 0 Å². The van der Waals surface area contributed by atoms with Gasteiger partial charge in [-0.05, 0) is 46.7 Å². The van der Waals surface area contributed by atoms with Gasteiger partial charge >= 0.3 is 0 Å². The molecule has 0 amide bonds. The molecule has 0 aliphatic heterocycles. The molecular weight excluding hydrogens is 328 g/mol. The van der Waals surface area contributed by atoms with Gasteiger partial charge in [0.1, 0.15) is 23.2 Å². The molecule has 0 saturated heterocycles. The van der Waals surface area contributed by atoms with Crippen molar-refractivity contribution in [3.05, 3.63) is 57.5 Å². The van der Waals surface area contributed by atoms with Crippen LogP contribution in [0.5, 0.6) is 0 Å². The Balaban J connectivity index is 2.51. The number of nitrogens with one attached hydrogen (secondary N) is 1. The van der Waals surface area contributed by atoms with E-state index in [1.807, 2.05) is 19.9 Å². The number of furan rings is 1. The molecule has 0 saturated carbocycles. The first-order valence-electron chi connectivity index (χ1n) is 6.53. The molecule has 1 aromatic carbocycles. The number of hydrogen-bond acceptors (Lipinski definition) is 2. The largest absolute Gasteiger partial charge is 0.464 e. The van der Waals surface area contributed by atoms with Crippen molar-refractivity contribution in [3.8, 4) is 0 Å². The molecule has 0 aliphatic rings. The van der Waals surface area contributed by atoms with Crippen molar-refractivity contribution in [1.29, 1.82) is 0 Å². The first-order valence-corrected chi connectivity index (χ1v) is 7.33. The van der Waals surface area contributed by atoms with Gasteiger partial charge in [0, 0.05) is 12.0 Å². The van der Waals surface area contributed by atoms with Crippen LogP contribution in [-0.4, -0.2) is 6.54 Å². The van der Waals surface area contributed by atoms with Crippen LogP contribution in [-0.2, 0) is 6.42 Å². The molecule has 108 valence electrons. The summed E-state index contributed by atoms with van der Waals surface area (Å²) in [5.74, 6) is 0.106. The minimum atomic E-state index is -0.641.